The molecular weight excluding hydrogens is 564 g/mol. The standard InChI is InChI=1S/C34H31F2N5O3/c1-2-22-26(35)5-4-18-10-21(42)13-23(28(18)22)30-29(36)31-24(14-37-30)32(41-8-9-43-16-20-12-27(20)41)39-33(38-31)44-17-34-6-3-7-40(34)15-19-11-25(19)34/h1,4-5,10,13-14,19-20,25,27,42H,3,6-9,11-12,15-17H2/t19-,20?,25-,27?,34-/m1/s1. The molecule has 4 aromatic rings. The Kier molecular flexibility index (Phi) is 5.67. The molecule has 10 heteroatoms. The van der Waals surface area contributed by atoms with E-state index in [4.69, 9.17) is 20.9 Å². The normalized spacial score (nSPS) is 28.8. The summed E-state index contributed by atoms with van der Waals surface area (Å²) in [4.78, 5) is 18.8. The second-order valence-corrected chi connectivity index (χ2v) is 13.0. The minimum absolute atomic E-state index is 0.000688. The number of benzene rings is 2. The second-order valence-electron chi connectivity index (χ2n) is 13.0. The van der Waals surface area contributed by atoms with E-state index in [-0.39, 0.29) is 45.7 Å². The first-order valence-electron chi connectivity index (χ1n) is 15.5. The Morgan fingerprint density at radius 1 is 1.16 bits per heavy atom. The van der Waals surface area contributed by atoms with Gasteiger partial charge in [-0.25, -0.2) is 8.78 Å². The zero-order valence-electron chi connectivity index (χ0n) is 24.1. The Morgan fingerprint density at radius 2 is 2.07 bits per heavy atom. The highest BCUT2D eigenvalue weighted by Crippen LogP contribution is 2.59. The van der Waals surface area contributed by atoms with Crippen molar-refractivity contribution >= 4 is 27.5 Å². The molecule has 9 rings (SSSR count). The molecule has 0 radical (unpaired) electrons. The molecule has 2 aromatic heterocycles. The lowest BCUT2D eigenvalue weighted by Crippen LogP contribution is -2.47. The van der Waals surface area contributed by atoms with Gasteiger partial charge in [-0.2, -0.15) is 9.97 Å². The van der Waals surface area contributed by atoms with Crippen LogP contribution in [-0.4, -0.2) is 76.0 Å². The van der Waals surface area contributed by atoms with E-state index in [1.54, 1.807) is 6.20 Å². The van der Waals surface area contributed by atoms with Crippen molar-refractivity contribution in [2.24, 2.45) is 17.8 Å². The first kappa shape index (κ1) is 26.3. The molecule has 3 aliphatic heterocycles. The van der Waals surface area contributed by atoms with Crippen LogP contribution in [0.5, 0.6) is 11.8 Å². The molecule has 5 fully saturated rings. The molecule has 3 saturated heterocycles. The van der Waals surface area contributed by atoms with Gasteiger partial charge in [0.25, 0.3) is 0 Å². The Balaban J connectivity index is 1.20. The zero-order valence-corrected chi connectivity index (χ0v) is 24.1. The number of aromatic nitrogens is 3. The van der Waals surface area contributed by atoms with Gasteiger partial charge in [0.2, 0.25) is 0 Å². The Bertz CT molecular complexity index is 1910. The van der Waals surface area contributed by atoms with Crippen LogP contribution in [0.1, 0.15) is 31.2 Å². The highest BCUT2D eigenvalue weighted by Gasteiger charge is 2.63. The summed E-state index contributed by atoms with van der Waals surface area (Å²) in [6.45, 7) is 4.52. The number of halogens is 2. The summed E-state index contributed by atoms with van der Waals surface area (Å²) < 4.78 is 43.9. The smallest absolute Gasteiger partial charge is 0.319 e. The van der Waals surface area contributed by atoms with Crippen LogP contribution in [0.2, 0.25) is 0 Å². The number of phenols is 1. The van der Waals surface area contributed by atoms with Crippen LogP contribution in [0.4, 0.5) is 14.6 Å². The quantitative estimate of drug-likeness (QED) is 0.327. The zero-order chi connectivity index (χ0) is 29.7. The summed E-state index contributed by atoms with van der Waals surface area (Å²) in [6.07, 6.45) is 11.7. The number of pyridine rings is 1. The molecule has 2 unspecified atom stereocenters. The monoisotopic (exact) mass is 595 g/mol. The molecule has 1 N–H and O–H groups in total. The van der Waals surface area contributed by atoms with Crippen molar-refractivity contribution in [3.05, 3.63) is 47.7 Å². The molecule has 5 atom stereocenters. The molecule has 5 heterocycles. The van der Waals surface area contributed by atoms with Crippen LogP contribution in [0.3, 0.4) is 0 Å². The predicted molar refractivity (Wildman–Crippen MR) is 160 cm³/mol. The van der Waals surface area contributed by atoms with Crippen LogP contribution in [0.25, 0.3) is 32.9 Å². The SMILES string of the molecule is C#Cc1c(F)ccc2cc(O)cc(-c3ncc4c(N5CCOCC6CC65)nc(OC[C@@]56CCCN5C[C@H]5C[C@H]56)nc4c3F)c12. The molecule has 224 valence electrons. The number of aromatic hydroxyl groups is 1. The molecular formula is C34H31F2N5O3. The van der Waals surface area contributed by atoms with E-state index >= 15 is 4.39 Å². The molecule has 8 nitrogen and oxygen atoms in total. The van der Waals surface area contributed by atoms with E-state index < -0.39 is 11.6 Å². The second kappa shape index (κ2) is 9.46. The third-order valence-corrected chi connectivity index (χ3v) is 10.6. The number of anilines is 1. The van der Waals surface area contributed by atoms with Gasteiger partial charge in [-0.3, -0.25) is 9.88 Å². The number of phenolic OH excluding ortho intramolecular Hbond substituents is 1. The fourth-order valence-corrected chi connectivity index (χ4v) is 8.36. The van der Waals surface area contributed by atoms with E-state index in [9.17, 15) is 9.50 Å². The number of hydrogen-bond acceptors (Lipinski definition) is 8. The highest BCUT2D eigenvalue weighted by molar-refractivity contribution is 6.03. The Labute approximate surface area is 253 Å². The average Bonchev–Trinajstić information content (AvgIpc) is 3.91. The summed E-state index contributed by atoms with van der Waals surface area (Å²) >= 11 is 0. The fraction of sp³-hybridized carbons (Fsp3) is 0.441. The number of rotatable bonds is 5. The van der Waals surface area contributed by atoms with Crippen molar-refractivity contribution < 1.29 is 23.4 Å². The van der Waals surface area contributed by atoms with Crippen molar-refractivity contribution in [3.63, 3.8) is 0 Å². The molecule has 0 spiro atoms. The molecule has 2 aliphatic carbocycles. The fourth-order valence-electron chi connectivity index (χ4n) is 8.36. The van der Waals surface area contributed by atoms with E-state index in [2.05, 4.69) is 25.7 Å². The third-order valence-electron chi connectivity index (χ3n) is 10.6. The lowest BCUT2D eigenvalue weighted by atomic mass is 9.92. The lowest BCUT2D eigenvalue weighted by Gasteiger charge is -2.34. The first-order valence-corrected chi connectivity index (χ1v) is 15.5. The maximum Gasteiger partial charge on any atom is 0.319 e. The first-order chi connectivity index (χ1) is 21.4. The number of fused-ring (bicyclic) bond motifs is 6. The van der Waals surface area contributed by atoms with Crippen LogP contribution in [0, 0.1) is 41.7 Å². The summed E-state index contributed by atoms with van der Waals surface area (Å²) in [5.41, 5.74) is 0.136. The van der Waals surface area contributed by atoms with Gasteiger partial charge < -0.3 is 19.5 Å². The van der Waals surface area contributed by atoms with Crippen LogP contribution < -0.4 is 9.64 Å². The Hall–Kier alpha value is -4.07. The predicted octanol–water partition coefficient (Wildman–Crippen LogP) is 4.90. The van der Waals surface area contributed by atoms with Crippen LogP contribution in [0.15, 0.2) is 30.5 Å². The summed E-state index contributed by atoms with van der Waals surface area (Å²) in [5.74, 6) is 3.32. The molecule has 0 bridgehead atoms. The number of nitrogens with zero attached hydrogens (tertiary/aromatic N) is 5. The molecule has 2 saturated carbocycles. The van der Waals surface area contributed by atoms with E-state index in [0.717, 1.165) is 38.3 Å². The van der Waals surface area contributed by atoms with Crippen molar-refractivity contribution in [2.45, 2.75) is 37.3 Å². The van der Waals surface area contributed by atoms with Crippen LogP contribution in [-0.2, 0) is 4.74 Å². The Morgan fingerprint density at radius 3 is 2.95 bits per heavy atom. The number of terminal acetylenes is 1. The largest absolute Gasteiger partial charge is 0.508 e. The lowest BCUT2D eigenvalue weighted by molar-refractivity contribution is 0.0829. The summed E-state index contributed by atoms with van der Waals surface area (Å²) in [6, 6.07) is 5.95. The van der Waals surface area contributed by atoms with Crippen molar-refractivity contribution in [2.75, 3.05) is 44.4 Å². The number of hydrogen-bond donors (Lipinski definition) is 1. The minimum Gasteiger partial charge on any atom is -0.508 e. The molecule has 0 amide bonds. The van der Waals surface area contributed by atoms with E-state index in [0.29, 0.717) is 60.2 Å². The maximum absolute atomic E-state index is 16.8. The molecule has 44 heavy (non-hydrogen) atoms. The van der Waals surface area contributed by atoms with Gasteiger partial charge in [0.05, 0.1) is 29.7 Å². The van der Waals surface area contributed by atoms with Gasteiger partial charge >= 0.3 is 6.01 Å². The van der Waals surface area contributed by atoms with Crippen molar-refractivity contribution in [3.8, 4) is 35.4 Å². The highest BCUT2D eigenvalue weighted by atomic mass is 19.1. The van der Waals surface area contributed by atoms with E-state index in [1.807, 2.05) is 0 Å². The number of ether oxygens (including phenoxy) is 2. The maximum atomic E-state index is 16.8. The van der Waals surface area contributed by atoms with Crippen LogP contribution >= 0.6 is 0 Å². The summed E-state index contributed by atoms with van der Waals surface area (Å²) in [5, 5.41) is 11.8. The summed E-state index contributed by atoms with van der Waals surface area (Å²) in [7, 11) is 0. The van der Waals surface area contributed by atoms with Gasteiger partial charge in [-0.15, -0.1) is 6.42 Å². The average molecular weight is 596 g/mol. The van der Waals surface area contributed by atoms with Gasteiger partial charge in [-0.1, -0.05) is 12.0 Å². The van der Waals surface area contributed by atoms with Gasteiger partial charge in [0.1, 0.15) is 35.2 Å². The molecule has 5 aliphatic rings. The van der Waals surface area contributed by atoms with E-state index in [1.165, 1.54) is 30.7 Å². The molecule has 2 aromatic carbocycles. The number of piperidine rings is 1. The van der Waals surface area contributed by atoms with Crippen molar-refractivity contribution in [1.82, 2.24) is 19.9 Å². The van der Waals surface area contributed by atoms with Gasteiger partial charge in [0.15, 0.2) is 5.82 Å². The third kappa shape index (κ3) is 3.85. The topological polar surface area (TPSA) is 83.8 Å². The van der Waals surface area contributed by atoms with Crippen molar-refractivity contribution in [1.29, 1.82) is 0 Å². The minimum atomic E-state index is -0.711. The van der Waals surface area contributed by atoms with Gasteiger partial charge in [-0.05, 0) is 67.6 Å². The van der Waals surface area contributed by atoms with Gasteiger partial charge in [0, 0.05) is 42.2 Å².